The summed E-state index contributed by atoms with van der Waals surface area (Å²) in [5, 5.41) is 3.30. The number of aliphatic imine (C=N–C) groups is 1. The summed E-state index contributed by atoms with van der Waals surface area (Å²) in [4.78, 5) is 17.4. The minimum absolute atomic E-state index is 0. The zero-order valence-corrected chi connectivity index (χ0v) is 15.7. The molecule has 0 aliphatic carbocycles. The van der Waals surface area contributed by atoms with Crippen molar-refractivity contribution in [1.82, 2.24) is 5.32 Å². The Kier molecular flexibility index (Phi) is 6.05. The van der Waals surface area contributed by atoms with Gasteiger partial charge in [-0.05, 0) is 11.1 Å². The summed E-state index contributed by atoms with van der Waals surface area (Å²) in [5.41, 5.74) is 4.08. The maximum Gasteiger partial charge on any atom is 0.169 e. The number of nitrogens with one attached hydrogen (secondary N) is 1. The number of ketones is 1. The molecule has 0 amide bonds. The van der Waals surface area contributed by atoms with Crippen molar-refractivity contribution in [3.63, 3.8) is 0 Å². The number of hydrogen-bond donors (Lipinski definition) is 1. The Morgan fingerprint density at radius 3 is 1.89 bits per heavy atom. The van der Waals surface area contributed by atoms with Crippen LogP contribution in [-0.2, 0) is 0 Å². The number of rotatable bonds is 4. The molecule has 1 unspecified atom stereocenters. The first-order chi connectivity index (χ1) is 12.8. The van der Waals surface area contributed by atoms with Gasteiger partial charge in [-0.25, -0.2) is 0 Å². The molecule has 4 rings (SSSR count). The van der Waals surface area contributed by atoms with Crippen LogP contribution in [0.1, 0.15) is 15.9 Å². The van der Waals surface area contributed by atoms with Crippen molar-refractivity contribution in [1.29, 1.82) is 0 Å². The van der Waals surface area contributed by atoms with E-state index in [1.54, 1.807) is 0 Å². The SMILES string of the molecule is Cl.O=C(c1ccc(-c2ccccc2)cc1)C1CN=C(c2ccccc2)NC1. The van der Waals surface area contributed by atoms with Gasteiger partial charge in [-0.15, -0.1) is 12.4 Å². The summed E-state index contributed by atoms with van der Waals surface area (Å²) < 4.78 is 0. The van der Waals surface area contributed by atoms with Gasteiger partial charge >= 0.3 is 0 Å². The van der Waals surface area contributed by atoms with Gasteiger partial charge in [0.15, 0.2) is 5.78 Å². The first kappa shape index (κ1) is 18.9. The lowest BCUT2D eigenvalue weighted by Gasteiger charge is -2.22. The Morgan fingerprint density at radius 2 is 1.33 bits per heavy atom. The van der Waals surface area contributed by atoms with Gasteiger partial charge in [0.25, 0.3) is 0 Å². The number of amidine groups is 1. The number of nitrogens with zero attached hydrogens (tertiary/aromatic N) is 1. The molecule has 27 heavy (non-hydrogen) atoms. The van der Waals surface area contributed by atoms with Crippen LogP contribution in [0.4, 0.5) is 0 Å². The number of Topliss-reactive ketones (excluding diaryl/α,β-unsaturated/α-hetero) is 1. The van der Waals surface area contributed by atoms with Gasteiger partial charge in [0.1, 0.15) is 5.84 Å². The van der Waals surface area contributed by atoms with E-state index in [9.17, 15) is 4.79 Å². The largest absolute Gasteiger partial charge is 0.369 e. The van der Waals surface area contributed by atoms with Crippen LogP contribution in [0.25, 0.3) is 11.1 Å². The number of carbonyl (C=O) groups excluding carboxylic acids is 1. The summed E-state index contributed by atoms with van der Waals surface area (Å²) in [6, 6.07) is 28.1. The molecule has 0 aromatic heterocycles. The van der Waals surface area contributed by atoms with E-state index >= 15 is 0 Å². The molecule has 4 heteroatoms. The third kappa shape index (κ3) is 4.26. The molecule has 1 heterocycles. The Labute approximate surface area is 165 Å². The normalized spacial score (nSPS) is 15.9. The van der Waals surface area contributed by atoms with E-state index in [1.165, 1.54) is 0 Å². The molecule has 3 aromatic carbocycles. The second kappa shape index (κ2) is 8.65. The van der Waals surface area contributed by atoms with Gasteiger partial charge in [0.05, 0.1) is 12.5 Å². The van der Waals surface area contributed by atoms with Gasteiger partial charge in [-0.3, -0.25) is 9.79 Å². The molecule has 0 fully saturated rings. The maximum absolute atomic E-state index is 12.8. The third-order valence-electron chi connectivity index (χ3n) is 4.68. The zero-order chi connectivity index (χ0) is 17.8. The fraction of sp³-hybridized carbons (Fsp3) is 0.130. The number of benzene rings is 3. The van der Waals surface area contributed by atoms with E-state index in [4.69, 9.17) is 0 Å². The van der Waals surface area contributed by atoms with E-state index in [0.29, 0.717) is 13.1 Å². The topological polar surface area (TPSA) is 41.5 Å². The molecule has 136 valence electrons. The van der Waals surface area contributed by atoms with Crippen LogP contribution in [0.3, 0.4) is 0 Å². The first-order valence-electron chi connectivity index (χ1n) is 8.85. The maximum atomic E-state index is 12.8. The van der Waals surface area contributed by atoms with Crippen LogP contribution >= 0.6 is 12.4 Å². The molecular weight excluding hydrogens is 356 g/mol. The Bertz CT molecular complexity index is 922. The Hall–Kier alpha value is -2.91. The number of hydrogen-bond acceptors (Lipinski definition) is 3. The monoisotopic (exact) mass is 376 g/mol. The molecule has 0 bridgehead atoms. The highest BCUT2D eigenvalue weighted by molar-refractivity contribution is 6.02. The lowest BCUT2D eigenvalue weighted by Crippen LogP contribution is -2.39. The zero-order valence-electron chi connectivity index (χ0n) is 14.8. The summed E-state index contributed by atoms with van der Waals surface area (Å²) in [5.74, 6) is 0.895. The second-order valence-corrected chi connectivity index (χ2v) is 6.44. The highest BCUT2D eigenvalue weighted by atomic mass is 35.5. The average Bonchev–Trinajstić information content (AvgIpc) is 2.75. The van der Waals surface area contributed by atoms with Crippen LogP contribution < -0.4 is 5.32 Å². The Morgan fingerprint density at radius 1 is 0.778 bits per heavy atom. The molecule has 1 aliphatic rings. The minimum atomic E-state index is -0.120. The summed E-state index contributed by atoms with van der Waals surface area (Å²) in [7, 11) is 0. The molecule has 1 aliphatic heterocycles. The highest BCUT2D eigenvalue weighted by Crippen LogP contribution is 2.21. The van der Waals surface area contributed by atoms with Crippen molar-refractivity contribution in [3.05, 3.63) is 96.1 Å². The smallest absolute Gasteiger partial charge is 0.169 e. The first-order valence-corrected chi connectivity index (χ1v) is 8.85. The molecule has 3 nitrogen and oxygen atoms in total. The fourth-order valence-electron chi connectivity index (χ4n) is 3.20. The van der Waals surface area contributed by atoms with Gasteiger partial charge in [-0.1, -0.05) is 84.9 Å². The highest BCUT2D eigenvalue weighted by Gasteiger charge is 2.23. The fourth-order valence-corrected chi connectivity index (χ4v) is 3.20. The molecule has 1 N–H and O–H groups in total. The molecule has 3 aromatic rings. The average molecular weight is 377 g/mol. The predicted octanol–water partition coefficient (Wildman–Crippen LogP) is 4.62. The van der Waals surface area contributed by atoms with Crippen molar-refractivity contribution >= 4 is 24.0 Å². The van der Waals surface area contributed by atoms with Crippen molar-refractivity contribution in [2.75, 3.05) is 13.1 Å². The van der Waals surface area contributed by atoms with Crippen molar-refractivity contribution in [2.45, 2.75) is 0 Å². The predicted molar refractivity (Wildman–Crippen MR) is 113 cm³/mol. The van der Waals surface area contributed by atoms with E-state index in [-0.39, 0.29) is 24.1 Å². The third-order valence-corrected chi connectivity index (χ3v) is 4.68. The van der Waals surface area contributed by atoms with Gasteiger partial charge in [0, 0.05) is 17.7 Å². The van der Waals surface area contributed by atoms with Gasteiger partial charge < -0.3 is 5.32 Å². The van der Waals surface area contributed by atoms with E-state index in [1.807, 2.05) is 72.8 Å². The van der Waals surface area contributed by atoms with E-state index in [0.717, 1.165) is 28.1 Å². The van der Waals surface area contributed by atoms with Crippen LogP contribution in [-0.4, -0.2) is 24.7 Å². The summed E-state index contributed by atoms with van der Waals surface area (Å²) >= 11 is 0. The lowest BCUT2D eigenvalue weighted by atomic mass is 9.94. The van der Waals surface area contributed by atoms with Crippen LogP contribution in [0.5, 0.6) is 0 Å². The van der Waals surface area contributed by atoms with Crippen molar-refractivity contribution in [3.8, 4) is 11.1 Å². The van der Waals surface area contributed by atoms with E-state index in [2.05, 4.69) is 22.4 Å². The standard InChI is InChI=1S/C23H20N2O.ClH/c26-22(19-13-11-18(12-14-19)17-7-3-1-4-8-17)21-15-24-23(25-16-21)20-9-5-2-6-10-20;/h1-14,21H,15-16H2,(H,24,25);1H. The van der Waals surface area contributed by atoms with Crippen molar-refractivity contribution in [2.24, 2.45) is 10.9 Å². The van der Waals surface area contributed by atoms with Crippen LogP contribution in [0, 0.1) is 5.92 Å². The van der Waals surface area contributed by atoms with Gasteiger partial charge in [-0.2, -0.15) is 0 Å². The van der Waals surface area contributed by atoms with Crippen molar-refractivity contribution < 1.29 is 4.79 Å². The number of carbonyl (C=O) groups is 1. The summed E-state index contributed by atoms with van der Waals surface area (Å²) in [6.45, 7) is 1.14. The molecular formula is C23H21ClN2O. The van der Waals surface area contributed by atoms with E-state index < -0.39 is 0 Å². The van der Waals surface area contributed by atoms with Gasteiger partial charge in [0.2, 0.25) is 0 Å². The van der Waals surface area contributed by atoms with Crippen LogP contribution in [0.15, 0.2) is 89.9 Å². The minimum Gasteiger partial charge on any atom is -0.369 e. The lowest BCUT2D eigenvalue weighted by molar-refractivity contribution is 0.0924. The summed E-state index contributed by atoms with van der Waals surface area (Å²) in [6.07, 6.45) is 0. The second-order valence-electron chi connectivity index (χ2n) is 6.44. The molecule has 0 spiro atoms. The molecule has 0 radical (unpaired) electrons. The molecule has 0 saturated carbocycles. The Balaban J connectivity index is 0.00000210. The molecule has 0 saturated heterocycles. The number of halogens is 1. The molecule has 1 atom stereocenters. The quantitative estimate of drug-likeness (QED) is 0.675. The van der Waals surface area contributed by atoms with Crippen LogP contribution in [0.2, 0.25) is 0 Å².